The van der Waals surface area contributed by atoms with Gasteiger partial charge in [-0.3, -0.25) is 9.69 Å². The van der Waals surface area contributed by atoms with Gasteiger partial charge in [0.2, 0.25) is 5.91 Å². The van der Waals surface area contributed by atoms with E-state index in [4.69, 9.17) is 16.3 Å². The Morgan fingerprint density at radius 3 is 2.81 bits per heavy atom. The molecule has 0 bridgehead atoms. The molecule has 164 valence electrons. The van der Waals surface area contributed by atoms with Crippen LogP contribution in [0.15, 0.2) is 42.5 Å². The van der Waals surface area contributed by atoms with Crippen molar-refractivity contribution in [2.75, 3.05) is 24.5 Å². The fourth-order valence-corrected chi connectivity index (χ4v) is 4.44. The van der Waals surface area contributed by atoms with Gasteiger partial charge in [-0.25, -0.2) is 4.79 Å². The molecule has 1 N–H and O–H groups in total. The van der Waals surface area contributed by atoms with Gasteiger partial charge < -0.3 is 15.0 Å². The molecule has 0 unspecified atom stereocenters. The van der Waals surface area contributed by atoms with Crippen molar-refractivity contribution in [1.29, 1.82) is 0 Å². The van der Waals surface area contributed by atoms with Crippen LogP contribution in [-0.2, 0) is 11.3 Å². The lowest BCUT2D eigenvalue weighted by Crippen LogP contribution is -2.53. The van der Waals surface area contributed by atoms with Crippen molar-refractivity contribution in [3.63, 3.8) is 0 Å². The summed E-state index contributed by atoms with van der Waals surface area (Å²) in [5.74, 6) is 0.461. The quantitative estimate of drug-likeness (QED) is 0.768. The summed E-state index contributed by atoms with van der Waals surface area (Å²) in [6.07, 6.45) is 1.49. The SMILES string of the molecule is Cc1ccc2c(c1)N(C(=O)N1CCC[C@@H](C(=O)NCc3ccccc3Cl)C1)C[C@H](C)O2. The topological polar surface area (TPSA) is 61.9 Å². The number of aryl methyl sites for hydroxylation is 1. The number of piperidine rings is 1. The number of nitrogens with one attached hydrogen (secondary N) is 1. The van der Waals surface area contributed by atoms with Gasteiger partial charge in [0.25, 0.3) is 0 Å². The molecule has 2 aliphatic heterocycles. The molecule has 2 heterocycles. The normalized spacial score (nSPS) is 20.6. The summed E-state index contributed by atoms with van der Waals surface area (Å²) in [6.45, 7) is 5.91. The fraction of sp³-hybridized carbons (Fsp3) is 0.417. The summed E-state index contributed by atoms with van der Waals surface area (Å²) < 4.78 is 5.91. The zero-order chi connectivity index (χ0) is 22.0. The van der Waals surface area contributed by atoms with Crippen LogP contribution >= 0.6 is 11.6 Å². The van der Waals surface area contributed by atoms with Crippen molar-refractivity contribution in [2.45, 2.75) is 39.3 Å². The van der Waals surface area contributed by atoms with Crippen molar-refractivity contribution in [2.24, 2.45) is 5.92 Å². The first kappa shape index (κ1) is 21.5. The highest BCUT2D eigenvalue weighted by Crippen LogP contribution is 2.35. The van der Waals surface area contributed by atoms with E-state index in [0.717, 1.165) is 35.4 Å². The highest BCUT2D eigenvalue weighted by atomic mass is 35.5. The van der Waals surface area contributed by atoms with Crippen LogP contribution < -0.4 is 15.0 Å². The van der Waals surface area contributed by atoms with Crippen molar-refractivity contribution < 1.29 is 14.3 Å². The van der Waals surface area contributed by atoms with Crippen LogP contribution in [0.2, 0.25) is 5.02 Å². The number of carbonyl (C=O) groups is 2. The number of amides is 3. The van der Waals surface area contributed by atoms with E-state index in [1.54, 1.807) is 9.80 Å². The summed E-state index contributed by atoms with van der Waals surface area (Å²) in [5.41, 5.74) is 2.76. The molecule has 0 radical (unpaired) electrons. The minimum atomic E-state index is -0.226. The maximum absolute atomic E-state index is 13.4. The van der Waals surface area contributed by atoms with Gasteiger partial charge in [0.15, 0.2) is 0 Å². The predicted molar refractivity (Wildman–Crippen MR) is 122 cm³/mol. The lowest BCUT2D eigenvalue weighted by molar-refractivity contribution is -0.126. The van der Waals surface area contributed by atoms with E-state index in [0.29, 0.717) is 31.2 Å². The zero-order valence-corrected chi connectivity index (χ0v) is 18.7. The van der Waals surface area contributed by atoms with Crippen molar-refractivity contribution >= 4 is 29.2 Å². The first-order valence-corrected chi connectivity index (χ1v) is 11.1. The molecule has 7 heteroatoms. The number of nitrogens with zero attached hydrogens (tertiary/aromatic N) is 2. The summed E-state index contributed by atoms with van der Waals surface area (Å²) in [4.78, 5) is 29.8. The van der Waals surface area contributed by atoms with Crippen LogP contribution in [0.1, 0.15) is 30.9 Å². The standard InChI is InChI=1S/C24H28ClN3O3/c1-16-9-10-22-21(12-16)28(14-17(2)31-22)24(30)27-11-5-7-19(15-27)23(29)26-13-18-6-3-4-8-20(18)25/h3-4,6,8-10,12,17,19H,5,7,11,13-15H2,1-2H3,(H,26,29)/t17-,19+/m0/s1. The molecule has 4 rings (SSSR count). The second-order valence-electron chi connectivity index (χ2n) is 8.39. The van der Waals surface area contributed by atoms with E-state index >= 15 is 0 Å². The van der Waals surface area contributed by atoms with Gasteiger partial charge in [-0.2, -0.15) is 0 Å². The van der Waals surface area contributed by atoms with Crippen LogP contribution in [0.3, 0.4) is 0 Å². The van der Waals surface area contributed by atoms with E-state index in [1.807, 2.05) is 56.3 Å². The van der Waals surface area contributed by atoms with Gasteiger partial charge >= 0.3 is 6.03 Å². The zero-order valence-electron chi connectivity index (χ0n) is 17.9. The molecule has 2 aliphatic rings. The first-order chi connectivity index (χ1) is 14.9. The van der Waals surface area contributed by atoms with Gasteiger partial charge in [0, 0.05) is 24.7 Å². The van der Waals surface area contributed by atoms with Crippen molar-refractivity contribution in [3.8, 4) is 5.75 Å². The average Bonchev–Trinajstić information content (AvgIpc) is 2.77. The Balaban J connectivity index is 1.43. The van der Waals surface area contributed by atoms with Crippen LogP contribution in [0.4, 0.5) is 10.5 Å². The summed E-state index contributed by atoms with van der Waals surface area (Å²) >= 11 is 6.19. The molecular weight excluding hydrogens is 414 g/mol. The number of rotatable bonds is 3. The van der Waals surface area contributed by atoms with E-state index in [-0.39, 0.29) is 24.0 Å². The van der Waals surface area contributed by atoms with E-state index in [2.05, 4.69) is 5.32 Å². The minimum Gasteiger partial charge on any atom is -0.487 e. The highest BCUT2D eigenvalue weighted by Gasteiger charge is 2.34. The van der Waals surface area contributed by atoms with Gasteiger partial charge in [0.1, 0.15) is 11.9 Å². The van der Waals surface area contributed by atoms with Crippen LogP contribution in [0.25, 0.3) is 0 Å². The average molecular weight is 442 g/mol. The molecule has 3 amide bonds. The molecule has 2 aromatic rings. The smallest absolute Gasteiger partial charge is 0.324 e. The van der Waals surface area contributed by atoms with E-state index in [9.17, 15) is 9.59 Å². The maximum atomic E-state index is 13.4. The minimum absolute atomic E-state index is 0.0380. The van der Waals surface area contributed by atoms with Crippen molar-refractivity contribution in [3.05, 3.63) is 58.6 Å². The number of anilines is 1. The maximum Gasteiger partial charge on any atom is 0.324 e. The third kappa shape index (κ3) is 4.79. The third-order valence-corrected chi connectivity index (χ3v) is 6.25. The number of halogens is 1. The molecule has 1 saturated heterocycles. The number of hydrogen-bond acceptors (Lipinski definition) is 3. The molecule has 2 atom stereocenters. The molecule has 0 saturated carbocycles. The number of hydrogen-bond donors (Lipinski definition) is 1. The number of carbonyl (C=O) groups excluding carboxylic acids is 2. The lowest BCUT2D eigenvalue weighted by Gasteiger charge is -2.39. The van der Waals surface area contributed by atoms with Crippen LogP contribution in [-0.4, -0.2) is 42.6 Å². The molecule has 2 aromatic carbocycles. The second-order valence-corrected chi connectivity index (χ2v) is 8.79. The molecule has 0 spiro atoms. The second kappa shape index (κ2) is 9.18. The van der Waals surface area contributed by atoms with Gasteiger partial charge in [-0.1, -0.05) is 35.9 Å². The number of fused-ring (bicyclic) bond motifs is 1. The van der Waals surface area contributed by atoms with Gasteiger partial charge in [0.05, 0.1) is 18.2 Å². The molecule has 0 aromatic heterocycles. The number of likely N-dealkylation sites (tertiary alicyclic amines) is 1. The Bertz CT molecular complexity index is 980. The summed E-state index contributed by atoms with van der Waals surface area (Å²) in [5, 5.41) is 3.62. The first-order valence-electron chi connectivity index (χ1n) is 10.8. The van der Waals surface area contributed by atoms with Gasteiger partial charge in [-0.05, 0) is 56.0 Å². The summed E-state index contributed by atoms with van der Waals surface area (Å²) in [6, 6.07) is 13.3. The van der Waals surface area contributed by atoms with Crippen LogP contribution in [0, 0.1) is 12.8 Å². The molecule has 1 fully saturated rings. The molecule has 31 heavy (non-hydrogen) atoms. The summed E-state index contributed by atoms with van der Waals surface area (Å²) in [7, 11) is 0. The number of urea groups is 1. The Morgan fingerprint density at radius 2 is 2.00 bits per heavy atom. The Labute approximate surface area is 188 Å². The molecule has 0 aliphatic carbocycles. The fourth-order valence-electron chi connectivity index (χ4n) is 4.23. The Hall–Kier alpha value is -2.73. The molecular formula is C24H28ClN3O3. The van der Waals surface area contributed by atoms with Gasteiger partial charge in [-0.15, -0.1) is 0 Å². The Morgan fingerprint density at radius 1 is 1.19 bits per heavy atom. The van der Waals surface area contributed by atoms with Crippen molar-refractivity contribution in [1.82, 2.24) is 10.2 Å². The number of benzene rings is 2. The Kier molecular flexibility index (Phi) is 6.37. The highest BCUT2D eigenvalue weighted by molar-refractivity contribution is 6.31. The molecule has 6 nitrogen and oxygen atoms in total. The largest absolute Gasteiger partial charge is 0.487 e. The van der Waals surface area contributed by atoms with Crippen LogP contribution in [0.5, 0.6) is 5.75 Å². The van der Waals surface area contributed by atoms with E-state index in [1.165, 1.54) is 0 Å². The third-order valence-electron chi connectivity index (χ3n) is 5.88. The lowest BCUT2D eigenvalue weighted by atomic mass is 9.97. The van der Waals surface area contributed by atoms with E-state index < -0.39 is 0 Å². The monoisotopic (exact) mass is 441 g/mol. The number of ether oxygens (including phenoxy) is 1. The predicted octanol–water partition coefficient (Wildman–Crippen LogP) is 4.38.